The van der Waals surface area contributed by atoms with Crippen LogP contribution in [-0.2, 0) is 4.43 Å². The molecule has 0 radical (unpaired) electrons. The number of halogens is 1. The molecule has 1 nitrogen and oxygen atoms in total. The molecule has 0 N–H and O–H groups in total. The first-order valence-electron chi connectivity index (χ1n) is 3.86. The Bertz CT molecular complexity index is 86.1. The Kier molecular flexibility index (Phi) is 4.57. The molecule has 0 aliphatic rings. The molecule has 62 valence electrons. The van der Waals surface area contributed by atoms with Gasteiger partial charge in [0.05, 0.1) is 0 Å². The van der Waals surface area contributed by atoms with E-state index in [-0.39, 0.29) is 0 Å². The molecule has 0 saturated carbocycles. The van der Waals surface area contributed by atoms with Gasteiger partial charge in [-0.05, 0) is 25.9 Å². The molecule has 0 aromatic rings. The van der Waals surface area contributed by atoms with Crippen LogP contribution in [0.15, 0.2) is 0 Å². The average Bonchev–Trinajstić information content (AvgIpc) is 1.81. The Morgan fingerprint density at radius 2 is 1.70 bits per heavy atom. The lowest BCUT2D eigenvalue weighted by atomic mass is 10.2. The normalized spacial score (nSPS) is 12.6. The lowest BCUT2D eigenvalue weighted by Crippen LogP contribution is -2.28. The summed E-state index contributed by atoms with van der Waals surface area (Å²) in [5, 5.41) is 0. The quantitative estimate of drug-likeness (QED) is 0.477. The molecule has 0 atom stereocenters. The van der Waals surface area contributed by atoms with Gasteiger partial charge in [-0.25, -0.2) is 0 Å². The molecule has 10 heavy (non-hydrogen) atoms. The molecule has 0 saturated heterocycles. The smallest absolute Gasteiger partial charge is 0.284 e. The summed E-state index contributed by atoms with van der Waals surface area (Å²) < 4.78 is 5.64. The van der Waals surface area contributed by atoms with Crippen molar-refractivity contribution in [1.29, 1.82) is 0 Å². The van der Waals surface area contributed by atoms with Crippen molar-refractivity contribution in [2.75, 3.05) is 0 Å². The summed E-state index contributed by atoms with van der Waals surface area (Å²) in [4.78, 5) is 0. The Morgan fingerprint density at radius 1 is 1.30 bits per heavy atom. The van der Waals surface area contributed by atoms with E-state index in [9.17, 15) is 0 Å². The number of rotatable bonds is 4. The second kappa shape index (κ2) is 4.37. The third-order valence-electron chi connectivity index (χ3n) is 1.36. The van der Waals surface area contributed by atoms with E-state index in [1.165, 1.54) is 0 Å². The number of hydrogen-bond acceptors (Lipinski definition) is 1. The zero-order chi connectivity index (χ0) is 8.20. The van der Waals surface area contributed by atoms with Crippen molar-refractivity contribution in [3.8, 4) is 0 Å². The minimum atomic E-state index is -1.79. The highest BCUT2D eigenvalue weighted by atomic mass is 35.6. The van der Waals surface area contributed by atoms with Crippen LogP contribution in [0.5, 0.6) is 0 Å². The van der Waals surface area contributed by atoms with Crippen LogP contribution in [0, 0.1) is 0 Å². The molecule has 0 unspecified atom stereocenters. The highest BCUT2D eigenvalue weighted by molar-refractivity contribution is 7.15. The Morgan fingerprint density at radius 3 is 1.80 bits per heavy atom. The van der Waals surface area contributed by atoms with Crippen molar-refractivity contribution in [1.82, 2.24) is 0 Å². The van der Waals surface area contributed by atoms with Gasteiger partial charge in [0.1, 0.15) is 0 Å². The van der Waals surface area contributed by atoms with Gasteiger partial charge in [0.15, 0.2) is 0 Å². The van der Waals surface area contributed by atoms with Crippen molar-refractivity contribution in [2.24, 2.45) is 0 Å². The van der Waals surface area contributed by atoms with Crippen LogP contribution >= 0.6 is 11.1 Å². The van der Waals surface area contributed by atoms with Crippen molar-refractivity contribution in [3.05, 3.63) is 0 Å². The third kappa shape index (κ3) is 5.27. The highest BCUT2D eigenvalue weighted by Gasteiger charge is 2.21. The maximum atomic E-state index is 6.00. The van der Waals surface area contributed by atoms with Crippen LogP contribution in [0.2, 0.25) is 13.1 Å². The van der Waals surface area contributed by atoms with Crippen LogP contribution < -0.4 is 0 Å². The van der Waals surface area contributed by atoms with Crippen LogP contribution in [0.1, 0.15) is 26.7 Å². The fraction of sp³-hybridized carbons (Fsp3) is 1.00. The molecule has 0 bridgehead atoms. The lowest BCUT2D eigenvalue weighted by Gasteiger charge is -2.21. The Balaban J connectivity index is 3.63. The summed E-state index contributed by atoms with van der Waals surface area (Å²) >= 11 is 6.00. The molecule has 3 heteroatoms. The SMILES string of the molecule is CCC(CC)O[Si](C)(C)Cl. The molecule has 0 heterocycles. The maximum Gasteiger partial charge on any atom is 0.284 e. The molecule has 0 spiro atoms. The molecular formula is C7H17ClOSi. The van der Waals surface area contributed by atoms with E-state index < -0.39 is 7.63 Å². The van der Waals surface area contributed by atoms with Gasteiger partial charge in [0, 0.05) is 6.10 Å². The standard InChI is InChI=1S/C7H17ClOSi/c1-5-7(6-2)9-10(3,4)8/h7H,5-6H2,1-4H3. The predicted octanol–water partition coefficient (Wildman–Crippen LogP) is 3.13. The van der Waals surface area contributed by atoms with Crippen LogP contribution in [0.3, 0.4) is 0 Å². The average molecular weight is 181 g/mol. The summed E-state index contributed by atoms with van der Waals surface area (Å²) in [5.74, 6) is 0. The van der Waals surface area contributed by atoms with Crippen molar-refractivity contribution < 1.29 is 4.43 Å². The zero-order valence-electron chi connectivity index (χ0n) is 7.28. The second-order valence-electron chi connectivity index (χ2n) is 2.92. The van der Waals surface area contributed by atoms with Gasteiger partial charge < -0.3 is 4.43 Å². The summed E-state index contributed by atoms with van der Waals surface area (Å²) in [6.07, 6.45) is 2.51. The van der Waals surface area contributed by atoms with E-state index in [1.807, 2.05) is 13.1 Å². The van der Waals surface area contributed by atoms with Gasteiger partial charge in [-0.1, -0.05) is 13.8 Å². The van der Waals surface area contributed by atoms with Gasteiger partial charge in [-0.2, -0.15) is 0 Å². The largest absolute Gasteiger partial charge is 0.400 e. The van der Waals surface area contributed by atoms with Gasteiger partial charge >= 0.3 is 0 Å². The van der Waals surface area contributed by atoms with E-state index in [0.717, 1.165) is 12.8 Å². The maximum absolute atomic E-state index is 6.00. The summed E-state index contributed by atoms with van der Waals surface area (Å²) in [6.45, 7) is 8.27. The summed E-state index contributed by atoms with van der Waals surface area (Å²) in [6, 6.07) is 0. The molecule has 0 aliphatic heterocycles. The van der Waals surface area contributed by atoms with Gasteiger partial charge in [0.25, 0.3) is 7.63 Å². The fourth-order valence-corrected chi connectivity index (χ4v) is 2.36. The first kappa shape index (κ1) is 10.5. The van der Waals surface area contributed by atoms with Crippen LogP contribution in [-0.4, -0.2) is 13.7 Å². The fourth-order valence-electron chi connectivity index (χ4n) is 0.852. The van der Waals surface area contributed by atoms with Crippen LogP contribution in [0.4, 0.5) is 0 Å². The number of hydrogen-bond donors (Lipinski definition) is 0. The molecule has 0 aromatic carbocycles. The lowest BCUT2D eigenvalue weighted by molar-refractivity contribution is 0.191. The zero-order valence-corrected chi connectivity index (χ0v) is 9.03. The Labute approximate surface area is 69.6 Å². The molecule has 0 aromatic heterocycles. The van der Waals surface area contributed by atoms with Crippen molar-refractivity contribution in [3.63, 3.8) is 0 Å². The van der Waals surface area contributed by atoms with E-state index >= 15 is 0 Å². The minimum absolute atomic E-state index is 0.374. The van der Waals surface area contributed by atoms with E-state index in [0.29, 0.717) is 6.10 Å². The monoisotopic (exact) mass is 180 g/mol. The first-order valence-corrected chi connectivity index (χ1v) is 7.78. The van der Waals surface area contributed by atoms with Gasteiger partial charge in [0.2, 0.25) is 0 Å². The van der Waals surface area contributed by atoms with Crippen molar-refractivity contribution >= 4 is 18.7 Å². The highest BCUT2D eigenvalue weighted by Crippen LogP contribution is 2.15. The topological polar surface area (TPSA) is 9.23 Å². The Hall–Kier alpha value is 0.467. The molecule has 0 amide bonds. The molecular weight excluding hydrogens is 164 g/mol. The minimum Gasteiger partial charge on any atom is -0.400 e. The predicted molar refractivity (Wildman–Crippen MR) is 48.8 cm³/mol. The van der Waals surface area contributed by atoms with Gasteiger partial charge in [-0.15, -0.1) is 11.1 Å². The molecule has 0 fully saturated rings. The molecule has 0 aliphatic carbocycles. The first-order chi connectivity index (χ1) is 4.49. The van der Waals surface area contributed by atoms with E-state index in [4.69, 9.17) is 15.5 Å². The summed E-state index contributed by atoms with van der Waals surface area (Å²) in [5.41, 5.74) is 0. The molecule has 0 rings (SSSR count). The van der Waals surface area contributed by atoms with E-state index in [1.54, 1.807) is 0 Å². The summed E-state index contributed by atoms with van der Waals surface area (Å²) in [7, 11) is -1.79. The second-order valence-corrected chi connectivity index (χ2v) is 8.61. The van der Waals surface area contributed by atoms with E-state index in [2.05, 4.69) is 13.8 Å². The third-order valence-corrected chi connectivity index (χ3v) is 2.52. The van der Waals surface area contributed by atoms with Crippen molar-refractivity contribution in [2.45, 2.75) is 45.9 Å². The van der Waals surface area contributed by atoms with Gasteiger partial charge in [-0.3, -0.25) is 0 Å². The van der Waals surface area contributed by atoms with Crippen LogP contribution in [0.25, 0.3) is 0 Å².